The zero-order valence-corrected chi connectivity index (χ0v) is 10.9. The van der Waals surface area contributed by atoms with Crippen molar-refractivity contribution in [1.82, 2.24) is 4.57 Å². The molecule has 0 radical (unpaired) electrons. The Hall–Kier alpha value is -2.38. The number of hydrogen-bond donors (Lipinski definition) is 0. The number of rotatable bonds is 1. The first-order valence-electron chi connectivity index (χ1n) is 5.54. The fraction of sp³-hybridized carbons (Fsp3) is 0.0714. The number of halogens is 1. The van der Waals surface area contributed by atoms with Crippen molar-refractivity contribution in [2.24, 2.45) is 4.99 Å². The van der Waals surface area contributed by atoms with E-state index in [0.29, 0.717) is 16.1 Å². The van der Waals surface area contributed by atoms with Crippen LogP contribution in [0.5, 0.6) is 0 Å². The second-order valence-corrected chi connectivity index (χ2v) is 4.30. The first-order chi connectivity index (χ1) is 9.10. The van der Waals surface area contributed by atoms with E-state index in [1.807, 2.05) is 6.07 Å². The molecule has 4 nitrogen and oxygen atoms in total. The quantitative estimate of drug-likeness (QED) is 0.800. The molecule has 2 aromatic rings. The molecule has 0 spiro atoms. The van der Waals surface area contributed by atoms with Gasteiger partial charge in [0.25, 0.3) is 0 Å². The molecule has 1 heterocycles. The molecule has 1 aromatic carbocycles. The lowest BCUT2D eigenvalue weighted by Gasteiger charge is -2.08. The van der Waals surface area contributed by atoms with Crippen LogP contribution in [-0.4, -0.2) is 10.5 Å². The van der Waals surface area contributed by atoms with E-state index in [4.69, 9.17) is 16.9 Å². The molecule has 0 bridgehead atoms. The molecular formula is C14H10ClN3O. The van der Waals surface area contributed by atoms with Gasteiger partial charge in [0.1, 0.15) is 5.49 Å². The Labute approximate surface area is 115 Å². The molecular weight excluding hydrogens is 262 g/mol. The largest absolute Gasteiger partial charge is 0.300 e. The second-order valence-electron chi connectivity index (χ2n) is 3.87. The number of nitriles is 1. The summed E-state index contributed by atoms with van der Waals surface area (Å²) in [5, 5.41) is 9.43. The van der Waals surface area contributed by atoms with E-state index in [1.54, 1.807) is 41.1 Å². The normalized spacial score (nSPS) is 11.1. The highest BCUT2D eigenvalue weighted by Crippen LogP contribution is 2.11. The summed E-state index contributed by atoms with van der Waals surface area (Å²) in [5.41, 5.74) is 1.72. The number of benzene rings is 1. The topological polar surface area (TPSA) is 58.1 Å². The Balaban J connectivity index is 2.70. The van der Waals surface area contributed by atoms with Crippen molar-refractivity contribution in [3.63, 3.8) is 0 Å². The van der Waals surface area contributed by atoms with Gasteiger partial charge in [0, 0.05) is 18.8 Å². The average Bonchev–Trinajstić information content (AvgIpc) is 2.40. The van der Waals surface area contributed by atoms with Gasteiger partial charge in [0.2, 0.25) is 5.91 Å². The highest BCUT2D eigenvalue weighted by atomic mass is 35.5. The summed E-state index contributed by atoms with van der Waals surface area (Å²) < 4.78 is 1.67. The van der Waals surface area contributed by atoms with Crippen molar-refractivity contribution in [3.8, 4) is 11.8 Å². The fourth-order valence-corrected chi connectivity index (χ4v) is 1.81. The third-order valence-electron chi connectivity index (χ3n) is 2.42. The summed E-state index contributed by atoms with van der Waals surface area (Å²) in [4.78, 5) is 15.1. The van der Waals surface area contributed by atoms with Gasteiger partial charge in [-0.05, 0) is 30.3 Å². The van der Waals surface area contributed by atoms with Crippen LogP contribution in [0.4, 0.5) is 0 Å². The summed E-state index contributed by atoms with van der Waals surface area (Å²) >= 11 is 5.96. The maximum absolute atomic E-state index is 11.1. The predicted molar refractivity (Wildman–Crippen MR) is 71.7 cm³/mol. The van der Waals surface area contributed by atoms with Crippen LogP contribution in [0.2, 0.25) is 5.02 Å². The summed E-state index contributed by atoms with van der Waals surface area (Å²) in [5.74, 6) is -0.299. The van der Waals surface area contributed by atoms with Gasteiger partial charge in [-0.15, -0.1) is 0 Å². The molecule has 0 saturated carbocycles. The Morgan fingerprint density at radius 3 is 2.84 bits per heavy atom. The number of carbonyl (C=O) groups is 1. The van der Waals surface area contributed by atoms with Gasteiger partial charge in [-0.25, -0.2) is 0 Å². The number of pyridine rings is 1. The van der Waals surface area contributed by atoms with E-state index < -0.39 is 0 Å². The van der Waals surface area contributed by atoms with Gasteiger partial charge < -0.3 is 4.57 Å². The number of carbonyl (C=O) groups excluding carboxylic acids is 1. The highest BCUT2D eigenvalue weighted by Gasteiger charge is 2.01. The Kier molecular flexibility index (Phi) is 3.79. The number of hydrogen-bond acceptors (Lipinski definition) is 2. The van der Waals surface area contributed by atoms with Crippen molar-refractivity contribution in [3.05, 3.63) is 58.7 Å². The predicted octanol–water partition coefficient (Wildman–Crippen LogP) is 2.45. The zero-order chi connectivity index (χ0) is 13.8. The van der Waals surface area contributed by atoms with Gasteiger partial charge in [0.05, 0.1) is 16.7 Å². The molecule has 0 aliphatic rings. The number of aromatic nitrogens is 1. The van der Waals surface area contributed by atoms with Crippen molar-refractivity contribution >= 4 is 17.5 Å². The van der Waals surface area contributed by atoms with Gasteiger partial charge in [-0.1, -0.05) is 17.7 Å². The monoisotopic (exact) mass is 271 g/mol. The molecule has 0 unspecified atom stereocenters. The number of nitrogens with zero attached hydrogens (tertiary/aromatic N) is 3. The molecule has 2 rings (SSSR count). The molecule has 0 saturated heterocycles. The summed E-state index contributed by atoms with van der Waals surface area (Å²) in [7, 11) is 0. The first-order valence-corrected chi connectivity index (χ1v) is 5.92. The maximum atomic E-state index is 11.1. The molecule has 19 heavy (non-hydrogen) atoms. The van der Waals surface area contributed by atoms with E-state index in [2.05, 4.69) is 11.1 Å². The van der Waals surface area contributed by atoms with Crippen LogP contribution in [-0.2, 0) is 4.79 Å². The van der Waals surface area contributed by atoms with Crippen LogP contribution in [0.1, 0.15) is 12.5 Å². The van der Waals surface area contributed by atoms with E-state index in [9.17, 15) is 4.79 Å². The minimum atomic E-state index is -0.299. The van der Waals surface area contributed by atoms with Gasteiger partial charge >= 0.3 is 0 Å². The lowest BCUT2D eigenvalue weighted by Crippen LogP contribution is -2.19. The minimum Gasteiger partial charge on any atom is -0.300 e. The molecule has 0 N–H and O–H groups in total. The second kappa shape index (κ2) is 5.51. The van der Waals surface area contributed by atoms with Gasteiger partial charge in [-0.3, -0.25) is 4.79 Å². The lowest BCUT2D eigenvalue weighted by atomic mass is 10.2. The van der Waals surface area contributed by atoms with Crippen LogP contribution in [0.15, 0.2) is 47.6 Å². The van der Waals surface area contributed by atoms with Crippen molar-refractivity contribution < 1.29 is 4.79 Å². The Morgan fingerprint density at radius 2 is 2.16 bits per heavy atom. The molecule has 0 fully saturated rings. The molecule has 1 amide bonds. The standard InChI is InChI=1S/C14H10ClN3O/c1-10(19)17-14-6-5-12(15)9-18(14)13-4-2-3-11(7-13)8-16/h2-7,9H,1H3/b17-14+. The molecule has 0 atom stereocenters. The van der Waals surface area contributed by atoms with Gasteiger partial charge in [-0.2, -0.15) is 10.3 Å². The molecule has 0 aliphatic carbocycles. The van der Waals surface area contributed by atoms with E-state index >= 15 is 0 Å². The van der Waals surface area contributed by atoms with Crippen LogP contribution in [0.25, 0.3) is 5.69 Å². The maximum Gasteiger partial charge on any atom is 0.244 e. The SMILES string of the molecule is CC(=O)/N=c1\ccc(Cl)cn1-c1cccc(C#N)c1. The van der Waals surface area contributed by atoms with E-state index in [-0.39, 0.29) is 5.91 Å². The Morgan fingerprint density at radius 1 is 1.37 bits per heavy atom. The van der Waals surface area contributed by atoms with Gasteiger partial charge in [0.15, 0.2) is 0 Å². The van der Waals surface area contributed by atoms with E-state index in [0.717, 1.165) is 5.69 Å². The summed E-state index contributed by atoms with van der Waals surface area (Å²) in [6.45, 7) is 1.38. The molecule has 94 valence electrons. The smallest absolute Gasteiger partial charge is 0.244 e. The van der Waals surface area contributed by atoms with Crippen LogP contribution in [0, 0.1) is 11.3 Å². The van der Waals surface area contributed by atoms with Crippen molar-refractivity contribution in [2.45, 2.75) is 6.92 Å². The zero-order valence-electron chi connectivity index (χ0n) is 10.2. The summed E-state index contributed by atoms with van der Waals surface area (Å²) in [6.07, 6.45) is 1.65. The third-order valence-corrected chi connectivity index (χ3v) is 2.64. The summed E-state index contributed by atoms with van der Waals surface area (Å²) in [6, 6.07) is 12.4. The number of amides is 1. The highest BCUT2D eigenvalue weighted by molar-refractivity contribution is 6.30. The molecule has 0 aliphatic heterocycles. The fourth-order valence-electron chi connectivity index (χ4n) is 1.65. The van der Waals surface area contributed by atoms with E-state index in [1.165, 1.54) is 6.92 Å². The molecule has 5 heteroatoms. The van der Waals surface area contributed by atoms with Crippen molar-refractivity contribution in [1.29, 1.82) is 5.26 Å². The average molecular weight is 272 g/mol. The van der Waals surface area contributed by atoms with Crippen molar-refractivity contribution in [2.75, 3.05) is 0 Å². The lowest BCUT2D eigenvalue weighted by molar-refractivity contribution is -0.116. The van der Waals surface area contributed by atoms with Crippen LogP contribution >= 0.6 is 11.6 Å². The van der Waals surface area contributed by atoms with Crippen LogP contribution in [0.3, 0.4) is 0 Å². The Bertz CT molecular complexity index is 741. The molecule has 1 aromatic heterocycles. The first kappa shape index (κ1) is 13.1. The van der Waals surface area contributed by atoms with Crippen LogP contribution < -0.4 is 5.49 Å². The third kappa shape index (κ3) is 3.09. The minimum absolute atomic E-state index is 0.299.